The molecule has 0 saturated carbocycles. The molecule has 0 heterocycles. The van der Waals surface area contributed by atoms with E-state index in [0.29, 0.717) is 11.4 Å². The number of carbonyl (C=O) groups excluding carboxylic acids is 3. The third-order valence-electron chi connectivity index (χ3n) is 5.40. The maximum absolute atomic E-state index is 12.2. The number of imide groups is 1. The van der Waals surface area contributed by atoms with Crippen LogP contribution < -0.4 is 37.1 Å². The highest BCUT2D eigenvalue weighted by Crippen LogP contribution is 2.22. The molecule has 0 aliphatic heterocycles. The lowest BCUT2D eigenvalue weighted by molar-refractivity contribution is -0.115. The zero-order chi connectivity index (χ0) is 27.0. The number of nitrogens with two attached hydrogens (primary N) is 1. The summed E-state index contributed by atoms with van der Waals surface area (Å²) in [6, 6.07) is 22.6. The van der Waals surface area contributed by atoms with Gasteiger partial charge in [0.05, 0.1) is 6.54 Å². The molecule has 0 aliphatic rings. The highest BCUT2D eigenvalue weighted by molar-refractivity contribution is 6.00. The number of anilines is 2. The predicted octanol–water partition coefficient (Wildman–Crippen LogP) is 3.82. The fourth-order valence-corrected chi connectivity index (χ4v) is 3.52. The fraction of sp³-hybridized carbons (Fsp3) is 0.250. The molecule has 5 amide bonds. The van der Waals surface area contributed by atoms with Gasteiger partial charge in [-0.25, -0.2) is 9.59 Å². The van der Waals surface area contributed by atoms with Crippen LogP contribution in [0.4, 0.5) is 21.0 Å². The molecule has 3 aromatic rings. The number of unbranched alkanes of at least 4 members (excludes halogenated alkanes) is 1. The molecule has 3 aromatic carbocycles. The number of rotatable bonds is 14. The lowest BCUT2D eigenvalue weighted by Gasteiger charge is -2.09. The number of hydrogen-bond acceptors (Lipinski definition) is 6. The average Bonchev–Trinajstić information content (AvgIpc) is 2.90. The van der Waals surface area contributed by atoms with Crippen molar-refractivity contribution >= 4 is 29.3 Å². The van der Waals surface area contributed by atoms with Crippen molar-refractivity contribution in [2.75, 3.05) is 36.8 Å². The minimum Gasteiger partial charge on any atom is -0.457 e. The molecule has 0 unspecified atom stereocenters. The van der Waals surface area contributed by atoms with Gasteiger partial charge in [-0.2, -0.15) is 0 Å². The summed E-state index contributed by atoms with van der Waals surface area (Å²) in [5.74, 6) is 1.38. The van der Waals surface area contributed by atoms with E-state index in [1.54, 1.807) is 12.1 Å². The second kappa shape index (κ2) is 15.6. The van der Waals surface area contributed by atoms with E-state index in [1.165, 1.54) is 0 Å². The van der Waals surface area contributed by atoms with Gasteiger partial charge in [0.15, 0.2) is 0 Å². The summed E-state index contributed by atoms with van der Waals surface area (Å²) in [5.41, 5.74) is 7.33. The lowest BCUT2D eigenvalue weighted by atomic mass is 10.1. The molecule has 0 spiro atoms. The normalized spacial score (nSPS) is 10.4. The van der Waals surface area contributed by atoms with E-state index in [9.17, 15) is 14.4 Å². The summed E-state index contributed by atoms with van der Waals surface area (Å²) in [6.07, 6.45) is 2.81. The Morgan fingerprint density at radius 2 is 1.29 bits per heavy atom. The second-order valence-electron chi connectivity index (χ2n) is 8.51. The van der Waals surface area contributed by atoms with Crippen molar-refractivity contribution in [1.82, 2.24) is 16.0 Å². The van der Waals surface area contributed by atoms with Gasteiger partial charge in [-0.1, -0.05) is 30.3 Å². The number of amides is 5. The molecule has 0 aromatic heterocycles. The van der Waals surface area contributed by atoms with Crippen molar-refractivity contribution in [3.8, 4) is 11.5 Å². The van der Waals surface area contributed by atoms with Gasteiger partial charge in [0.2, 0.25) is 5.91 Å². The van der Waals surface area contributed by atoms with E-state index in [2.05, 4.69) is 21.3 Å². The van der Waals surface area contributed by atoms with Gasteiger partial charge in [-0.3, -0.25) is 10.1 Å². The van der Waals surface area contributed by atoms with Crippen molar-refractivity contribution in [3.05, 3.63) is 84.4 Å². The van der Waals surface area contributed by atoms with Gasteiger partial charge in [0, 0.05) is 11.4 Å². The van der Waals surface area contributed by atoms with Gasteiger partial charge in [-0.05, 0) is 93.0 Å². The van der Waals surface area contributed by atoms with Gasteiger partial charge in [-0.15, -0.1) is 0 Å². The van der Waals surface area contributed by atoms with Gasteiger partial charge in [0.25, 0.3) is 0 Å². The first-order valence-corrected chi connectivity index (χ1v) is 12.5. The quantitative estimate of drug-likeness (QED) is 0.179. The standard InChI is InChI=1S/C28H34N6O4/c29-27(36)34-28(37)33-23-10-8-21(9-11-23)16-19-30-17-4-5-18-31-20-26(35)32-22-12-14-25(15-13-22)38-24-6-2-1-3-7-24/h1-3,6-15,30-31H,4-5,16-20H2,(H,32,35)(H4,29,33,34,36,37). The molecular weight excluding hydrogens is 484 g/mol. The van der Waals surface area contributed by atoms with Gasteiger partial charge >= 0.3 is 12.1 Å². The SMILES string of the molecule is NC(=O)NC(=O)Nc1ccc(CCNCCCCNCC(=O)Nc2ccc(Oc3ccccc3)cc2)cc1. The Morgan fingerprint density at radius 1 is 0.684 bits per heavy atom. The van der Waals surface area contributed by atoms with E-state index >= 15 is 0 Å². The second-order valence-corrected chi connectivity index (χ2v) is 8.51. The molecule has 3 rings (SSSR count). The molecular formula is C28H34N6O4. The highest BCUT2D eigenvalue weighted by Gasteiger charge is 2.05. The van der Waals surface area contributed by atoms with Crippen LogP contribution in [0.25, 0.3) is 0 Å². The minimum absolute atomic E-state index is 0.0884. The van der Waals surface area contributed by atoms with Gasteiger partial charge < -0.3 is 31.7 Å². The summed E-state index contributed by atoms with van der Waals surface area (Å²) in [4.78, 5) is 34.3. The Morgan fingerprint density at radius 3 is 1.97 bits per heavy atom. The molecule has 200 valence electrons. The van der Waals surface area contributed by atoms with Crippen LogP contribution in [-0.4, -0.2) is 44.1 Å². The molecule has 38 heavy (non-hydrogen) atoms. The van der Waals surface area contributed by atoms with Crippen LogP contribution in [0.3, 0.4) is 0 Å². The zero-order valence-electron chi connectivity index (χ0n) is 21.2. The first-order valence-electron chi connectivity index (χ1n) is 12.5. The number of urea groups is 2. The Balaban J connectivity index is 1.19. The molecule has 10 heteroatoms. The zero-order valence-corrected chi connectivity index (χ0v) is 21.2. The third-order valence-corrected chi connectivity index (χ3v) is 5.40. The number of hydrogen-bond donors (Lipinski definition) is 6. The summed E-state index contributed by atoms with van der Waals surface area (Å²) < 4.78 is 5.76. The molecule has 0 fully saturated rings. The molecule has 10 nitrogen and oxygen atoms in total. The molecule has 0 radical (unpaired) electrons. The molecule has 0 bridgehead atoms. The lowest BCUT2D eigenvalue weighted by Crippen LogP contribution is -2.38. The molecule has 0 aliphatic carbocycles. The minimum atomic E-state index is -0.903. The Labute approximate surface area is 222 Å². The Kier molecular flexibility index (Phi) is 11.6. The van der Waals surface area contributed by atoms with Crippen LogP contribution in [0.1, 0.15) is 18.4 Å². The van der Waals surface area contributed by atoms with Crippen LogP contribution in [0.2, 0.25) is 0 Å². The molecule has 0 atom stereocenters. The summed E-state index contributed by atoms with van der Waals surface area (Å²) in [7, 11) is 0. The highest BCUT2D eigenvalue weighted by atomic mass is 16.5. The van der Waals surface area contributed by atoms with E-state index in [0.717, 1.165) is 55.9 Å². The number of carbonyl (C=O) groups is 3. The van der Waals surface area contributed by atoms with Crippen molar-refractivity contribution in [2.45, 2.75) is 19.3 Å². The number of primary amides is 1. The number of benzene rings is 3. The molecule has 7 N–H and O–H groups in total. The summed E-state index contributed by atoms with van der Waals surface area (Å²) >= 11 is 0. The van der Waals surface area contributed by atoms with Crippen LogP contribution in [-0.2, 0) is 11.2 Å². The maximum Gasteiger partial charge on any atom is 0.327 e. The first-order chi connectivity index (χ1) is 18.5. The molecule has 0 saturated heterocycles. The third kappa shape index (κ3) is 11.1. The van der Waals surface area contributed by atoms with Crippen LogP contribution in [0.5, 0.6) is 11.5 Å². The maximum atomic E-state index is 12.2. The van der Waals surface area contributed by atoms with Crippen molar-refractivity contribution in [3.63, 3.8) is 0 Å². The average molecular weight is 519 g/mol. The predicted molar refractivity (Wildman–Crippen MR) is 148 cm³/mol. The number of nitrogens with one attached hydrogen (secondary N) is 5. The largest absolute Gasteiger partial charge is 0.457 e. The van der Waals surface area contributed by atoms with Gasteiger partial charge in [0.1, 0.15) is 11.5 Å². The van der Waals surface area contributed by atoms with E-state index < -0.39 is 12.1 Å². The fourth-order valence-electron chi connectivity index (χ4n) is 3.52. The summed E-state index contributed by atoms with van der Waals surface area (Å²) in [6.45, 7) is 2.74. The van der Waals surface area contributed by atoms with Crippen molar-refractivity contribution in [1.29, 1.82) is 0 Å². The first kappa shape index (κ1) is 28.2. The Hall–Kier alpha value is -4.41. The van der Waals surface area contributed by atoms with Crippen molar-refractivity contribution in [2.24, 2.45) is 5.73 Å². The summed E-state index contributed by atoms with van der Waals surface area (Å²) in [5, 5.41) is 13.9. The van der Waals surface area contributed by atoms with Crippen LogP contribution in [0.15, 0.2) is 78.9 Å². The van der Waals surface area contributed by atoms with Crippen LogP contribution >= 0.6 is 0 Å². The van der Waals surface area contributed by atoms with E-state index in [1.807, 2.05) is 72.0 Å². The van der Waals surface area contributed by atoms with E-state index in [-0.39, 0.29) is 12.5 Å². The Bertz CT molecular complexity index is 1150. The number of para-hydroxylation sites is 1. The van der Waals surface area contributed by atoms with Crippen molar-refractivity contribution < 1.29 is 19.1 Å². The van der Waals surface area contributed by atoms with E-state index in [4.69, 9.17) is 10.5 Å². The number of ether oxygens (including phenoxy) is 1. The topological polar surface area (TPSA) is 147 Å². The van der Waals surface area contributed by atoms with Crippen LogP contribution in [0, 0.1) is 0 Å². The monoisotopic (exact) mass is 518 g/mol. The smallest absolute Gasteiger partial charge is 0.327 e.